The summed E-state index contributed by atoms with van der Waals surface area (Å²) < 4.78 is 35.7. The fourth-order valence-corrected chi connectivity index (χ4v) is 2.09. The Morgan fingerprint density at radius 1 is 1.20 bits per heavy atom. The van der Waals surface area contributed by atoms with Crippen LogP contribution >= 0.6 is 0 Å². The van der Waals surface area contributed by atoms with Crippen molar-refractivity contribution in [3.63, 3.8) is 0 Å². The molecule has 20 heavy (non-hydrogen) atoms. The number of carboxylic acids is 1. The van der Waals surface area contributed by atoms with Crippen molar-refractivity contribution in [2.75, 3.05) is 19.6 Å². The largest absolute Gasteiger partial charge is 0.481 e. The molecule has 0 spiro atoms. The van der Waals surface area contributed by atoms with Crippen LogP contribution in [0.3, 0.4) is 0 Å². The van der Waals surface area contributed by atoms with Gasteiger partial charge in [-0.3, -0.25) is 4.79 Å². The van der Waals surface area contributed by atoms with Crippen molar-refractivity contribution in [1.29, 1.82) is 0 Å². The number of piperidine rings is 1. The zero-order chi connectivity index (χ0) is 15.2. The van der Waals surface area contributed by atoms with Crippen LogP contribution < -0.4 is 5.32 Å². The molecule has 0 aliphatic carbocycles. The van der Waals surface area contributed by atoms with Crippen molar-refractivity contribution in [2.45, 2.75) is 38.3 Å². The van der Waals surface area contributed by atoms with Crippen LogP contribution in [0.1, 0.15) is 32.1 Å². The highest BCUT2D eigenvalue weighted by Gasteiger charge is 2.27. The number of carboxylic acid groups (broad SMARTS) is 1. The van der Waals surface area contributed by atoms with E-state index in [0.717, 1.165) is 0 Å². The summed E-state index contributed by atoms with van der Waals surface area (Å²) in [5.41, 5.74) is 0. The van der Waals surface area contributed by atoms with Crippen molar-refractivity contribution in [1.82, 2.24) is 10.2 Å². The van der Waals surface area contributed by atoms with Gasteiger partial charge in [0.1, 0.15) is 0 Å². The van der Waals surface area contributed by atoms with E-state index >= 15 is 0 Å². The monoisotopic (exact) mass is 296 g/mol. The highest BCUT2D eigenvalue weighted by Crippen LogP contribution is 2.22. The maximum Gasteiger partial charge on any atom is 0.389 e. The van der Waals surface area contributed by atoms with Gasteiger partial charge in [-0.05, 0) is 25.7 Å². The maximum atomic E-state index is 11.9. The Kier molecular flexibility index (Phi) is 6.09. The number of halogens is 3. The van der Waals surface area contributed by atoms with E-state index in [1.165, 1.54) is 4.90 Å². The van der Waals surface area contributed by atoms with Crippen LogP contribution in [0, 0.1) is 5.92 Å². The van der Waals surface area contributed by atoms with E-state index in [1.54, 1.807) is 0 Å². The lowest BCUT2D eigenvalue weighted by atomic mass is 9.97. The first-order chi connectivity index (χ1) is 9.29. The Bertz CT molecular complexity index is 339. The smallest absolute Gasteiger partial charge is 0.389 e. The molecule has 1 aliphatic rings. The number of hydrogen-bond donors (Lipinski definition) is 2. The second kappa shape index (κ2) is 7.35. The molecule has 2 amide bonds. The molecule has 0 aromatic carbocycles. The summed E-state index contributed by atoms with van der Waals surface area (Å²) in [6.45, 7) is 0.935. The topological polar surface area (TPSA) is 69.6 Å². The van der Waals surface area contributed by atoms with Gasteiger partial charge in [0.2, 0.25) is 0 Å². The fourth-order valence-electron chi connectivity index (χ4n) is 2.09. The number of unbranched alkanes of at least 4 members (excludes halogenated alkanes) is 1. The van der Waals surface area contributed by atoms with E-state index in [9.17, 15) is 22.8 Å². The Hall–Kier alpha value is -1.47. The minimum atomic E-state index is -4.15. The van der Waals surface area contributed by atoms with Crippen LogP contribution in [-0.4, -0.2) is 47.8 Å². The molecule has 0 atom stereocenters. The first-order valence-electron chi connectivity index (χ1n) is 6.62. The predicted molar refractivity (Wildman–Crippen MR) is 65.2 cm³/mol. The molecule has 1 fully saturated rings. The molecule has 116 valence electrons. The van der Waals surface area contributed by atoms with Gasteiger partial charge in [0.05, 0.1) is 5.92 Å². The summed E-state index contributed by atoms with van der Waals surface area (Å²) in [6, 6.07) is -0.333. The molecule has 0 radical (unpaired) electrons. The van der Waals surface area contributed by atoms with Crippen LogP contribution in [0.5, 0.6) is 0 Å². The molecule has 2 N–H and O–H groups in total. The van der Waals surface area contributed by atoms with Gasteiger partial charge in [-0.2, -0.15) is 13.2 Å². The number of carbonyl (C=O) groups is 2. The maximum absolute atomic E-state index is 11.9. The van der Waals surface area contributed by atoms with E-state index in [0.29, 0.717) is 25.9 Å². The van der Waals surface area contributed by atoms with Crippen LogP contribution in [-0.2, 0) is 4.79 Å². The lowest BCUT2D eigenvalue weighted by molar-refractivity contribution is -0.143. The van der Waals surface area contributed by atoms with E-state index in [-0.39, 0.29) is 25.4 Å². The van der Waals surface area contributed by atoms with Gasteiger partial charge in [-0.1, -0.05) is 0 Å². The molecule has 1 heterocycles. The summed E-state index contributed by atoms with van der Waals surface area (Å²) in [5.74, 6) is -1.26. The van der Waals surface area contributed by atoms with Gasteiger partial charge in [0, 0.05) is 26.1 Å². The first kappa shape index (κ1) is 16.6. The third-order valence-corrected chi connectivity index (χ3v) is 3.29. The van der Waals surface area contributed by atoms with Gasteiger partial charge in [-0.15, -0.1) is 0 Å². The molecule has 1 aliphatic heterocycles. The van der Waals surface area contributed by atoms with E-state index in [2.05, 4.69) is 5.32 Å². The molecule has 5 nitrogen and oxygen atoms in total. The average molecular weight is 296 g/mol. The lowest BCUT2D eigenvalue weighted by Gasteiger charge is -2.30. The zero-order valence-electron chi connectivity index (χ0n) is 11.1. The Morgan fingerprint density at radius 2 is 1.80 bits per heavy atom. The molecule has 1 rings (SSSR count). The Balaban J connectivity index is 2.13. The first-order valence-corrected chi connectivity index (χ1v) is 6.62. The van der Waals surface area contributed by atoms with Gasteiger partial charge in [-0.25, -0.2) is 4.79 Å². The van der Waals surface area contributed by atoms with Crippen LogP contribution in [0.2, 0.25) is 0 Å². The molecule has 8 heteroatoms. The summed E-state index contributed by atoms with van der Waals surface area (Å²) in [6.07, 6.45) is -3.90. The summed E-state index contributed by atoms with van der Waals surface area (Å²) in [4.78, 5) is 23.9. The van der Waals surface area contributed by atoms with Gasteiger partial charge in [0.15, 0.2) is 0 Å². The number of amides is 2. The molecule has 1 saturated heterocycles. The number of urea groups is 1. The van der Waals surface area contributed by atoms with Crippen LogP contribution in [0.4, 0.5) is 18.0 Å². The predicted octanol–water partition coefficient (Wildman–Crippen LogP) is 2.23. The third kappa shape index (κ3) is 6.12. The highest BCUT2D eigenvalue weighted by molar-refractivity contribution is 5.75. The second-order valence-corrected chi connectivity index (χ2v) is 4.90. The lowest BCUT2D eigenvalue weighted by Crippen LogP contribution is -2.45. The fraction of sp³-hybridized carbons (Fsp3) is 0.833. The van der Waals surface area contributed by atoms with Crippen molar-refractivity contribution >= 4 is 12.0 Å². The number of nitrogens with one attached hydrogen (secondary N) is 1. The number of alkyl halides is 3. The van der Waals surface area contributed by atoms with E-state index in [4.69, 9.17) is 5.11 Å². The normalized spacial score (nSPS) is 17.1. The molecule has 0 unspecified atom stereocenters. The number of carbonyl (C=O) groups excluding carboxylic acids is 1. The van der Waals surface area contributed by atoms with Crippen molar-refractivity contribution < 1.29 is 27.9 Å². The number of aliphatic carboxylic acids is 1. The number of nitrogens with zero attached hydrogens (tertiary/aromatic N) is 1. The van der Waals surface area contributed by atoms with Crippen molar-refractivity contribution in [2.24, 2.45) is 5.92 Å². The Labute approximate surface area is 115 Å². The van der Waals surface area contributed by atoms with Gasteiger partial charge in [0.25, 0.3) is 0 Å². The quantitative estimate of drug-likeness (QED) is 0.764. The molecular weight excluding hydrogens is 277 g/mol. The number of hydrogen-bond acceptors (Lipinski definition) is 2. The second-order valence-electron chi connectivity index (χ2n) is 4.90. The zero-order valence-corrected chi connectivity index (χ0v) is 11.1. The van der Waals surface area contributed by atoms with Crippen LogP contribution in [0.25, 0.3) is 0 Å². The summed E-state index contributed by atoms with van der Waals surface area (Å²) >= 11 is 0. The van der Waals surface area contributed by atoms with Gasteiger partial charge < -0.3 is 15.3 Å². The van der Waals surface area contributed by atoms with Crippen molar-refractivity contribution in [3.05, 3.63) is 0 Å². The molecule has 0 aromatic rings. The van der Waals surface area contributed by atoms with Crippen molar-refractivity contribution in [3.8, 4) is 0 Å². The van der Waals surface area contributed by atoms with E-state index < -0.39 is 24.5 Å². The third-order valence-electron chi connectivity index (χ3n) is 3.29. The number of likely N-dealkylation sites (tertiary alicyclic amines) is 1. The van der Waals surface area contributed by atoms with Gasteiger partial charge >= 0.3 is 18.2 Å². The summed E-state index contributed by atoms with van der Waals surface area (Å²) in [5, 5.41) is 11.4. The number of rotatable bonds is 5. The minimum absolute atomic E-state index is 0.00906. The molecule has 0 saturated carbocycles. The molecular formula is C12H19F3N2O3. The van der Waals surface area contributed by atoms with E-state index in [1.807, 2.05) is 0 Å². The van der Waals surface area contributed by atoms with Crippen LogP contribution in [0.15, 0.2) is 0 Å². The molecule has 0 bridgehead atoms. The minimum Gasteiger partial charge on any atom is -0.481 e. The molecule has 0 aromatic heterocycles. The SMILES string of the molecule is O=C(O)C1CCN(C(=O)NCCCCC(F)(F)F)CC1. The highest BCUT2D eigenvalue weighted by atomic mass is 19.4. The summed E-state index contributed by atoms with van der Waals surface area (Å²) in [7, 11) is 0. The standard InChI is InChI=1S/C12H19F3N2O3/c13-12(14,15)5-1-2-6-16-11(20)17-7-3-9(4-8-17)10(18)19/h9H,1-8H2,(H,16,20)(H,18,19). The Morgan fingerprint density at radius 3 is 2.30 bits per heavy atom. The average Bonchev–Trinajstić information content (AvgIpc) is 2.37.